The van der Waals surface area contributed by atoms with Crippen LogP contribution in [0, 0.1) is 5.92 Å². The van der Waals surface area contributed by atoms with Gasteiger partial charge in [-0.05, 0) is 37.1 Å². The molecule has 0 fully saturated rings. The molecule has 3 heteroatoms. The monoisotopic (exact) mass is 294 g/mol. The van der Waals surface area contributed by atoms with E-state index >= 15 is 0 Å². The van der Waals surface area contributed by atoms with Crippen LogP contribution in [-0.4, -0.2) is 16.2 Å². The van der Waals surface area contributed by atoms with Crippen molar-refractivity contribution in [2.45, 2.75) is 27.3 Å². The van der Waals surface area contributed by atoms with Gasteiger partial charge in [0.25, 0.3) is 0 Å². The molecule has 1 heterocycles. The maximum atomic E-state index is 5.79. The van der Waals surface area contributed by atoms with Crippen molar-refractivity contribution in [3.63, 3.8) is 0 Å². The average molecular weight is 294 g/mol. The zero-order valence-corrected chi connectivity index (χ0v) is 13.4. The maximum absolute atomic E-state index is 5.79. The standard InChI is InChI=1S/C19H22N2O/c1-4-22-18-12-8-5-9-15(18)19-20-16-10-6-7-11-17(16)21(19)13-14(2)3/h5-12,14H,4,13H2,1-3H3. The Morgan fingerprint density at radius 2 is 1.77 bits per heavy atom. The number of aromatic nitrogens is 2. The second-order valence-corrected chi connectivity index (χ2v) is 5.86. The summed E-state index contributed by atoms with van der Waals surface area (Å²) in [5, 5.41) is 0. The Hall–Kier alpha value is -2.29. The van der Waals surface area contributed by atoms with E-state index in [2.05, 4.69) is 42.7 Å². The molecule has 3 nitrogen and oxygen atoms in total. The molecule has 0 atom stereocenters. The molecule has 0 N–H and O–H groups in total. The fraction of sp³-hybridized carbons (Fsp3) is 0.316. The molecule has 22 heavy (non-hydrogen) atoms. The molecule has 1 aromatic heterocycles. The Morgan fingerprint density at radius 1 is 1.05 bits per heavy atom. The van der Waals surface area contributed by atoms with Gasteiger partial charge in [0.2, 0.25) is 0 Å². The van der Waals surface area contributed by atoms with Gasteiger partial charge in [0.1, 0.15) is 11.6 Å². The number of imidazole rings is 1. The minimum atomic E-state index is 0.551. The van der Waals surface area contributed by atoms with E-state index in [1.165, 1.54) is 5.52 Å². The third-order valence-electron chi connectivity index (χ3n) is 3.63. The van der Waals surface area contributed by atoms with Gasteiger partial charge in [0.15, 0.2) is 0 Å². The van der Waals surface area contributed by atoms with Gasteiger partial charge in [-0.3, -0.25) is 0 Å². The Morgan fingerprint density at radius 3 is 2.55 bits per heavy atom. The number of nitrogens with zero attached hydrogens (tertiary/aromatic N) is 2. The first-order chi connectivity index (χ1) is 10.7. The summed E-state index contributed by atoms with van der Waals surface area (Å²) in [6.07, 6.45) is 0. The van der Waals surface area contributed by atoms with E-state index in [1.54, 1.807) is 0 Å². The molecule has 0 radical (unpaired) electrons. The Bertz CT molecular complexity index is 774. The van der Waals surface area contributed by atoms with Crippen molar-refractivity contribution in [1.82, 2.24) is 9.55 Å². The normalized spacial score (nSPS) is 11.3. The van der Waals surface area contributed by atoms with E-state index < -0.39 is 0 Å². The topological polar surface area (TPSA) is 27.1 Å². The summed E-state index contributed by atoms with van der Waals surface area (Å²) in [5.74, 6) is 2.43. The summed E-state index contributed by atoms with van der Waals surface area (Å²) in [7, 11) is 0. The molecule has 0 unspecified atom stereocenters. The second-order valence-electron chi connectivity index (χ2n) is 5.86. The molecule has 2 aromatic carbocycles. The molecule has 0 spiro atoms. The molecule has 0 aliphatic carbocycles. The summed E-state index contributed by atoms with van der Waals surface area (Å²) in [4.78, 5) is 4.86. The highest BCUT2D eigenvalue weighted by Crippen LogP contribution is 2.32. The molecule has 0 bridgehead atoms. The summed E-state index contributed by atoms with van der Waals surface area (Å²) in [5.41, 5.74) is 3.27. The van der Waals surface area contributed by atoms with Crippen molar-refractivity contribution in [1.29, 1.82) is 0 Å². The number of ether oxygens (including phenoxy) is 1. The molecule has 3 aromatic rings. The van der Waals surface area contributed by atoms with Crippen LogP contribution < -0.4 is 4.74 Å². The molecule has 0 aliphatic heterocycles. The third-order valence-corrected chi connectivity index (χ3v) is 3.63. The predicted octanol–water partition coefficient (Wildman–Crippen LogP) is 4.76. The number of benzene rings is 2. The van der Waals surface area contributed by atoms with E-state index in [9.17, 15) is 0 Å². The number of hydrogen-bond acceptors (Lipinski definition) is 2. The molecule has 114 valence electrons. The van der Waals surface area contributed by atoms with E-state index in [-0.39, 0.29) is 0 Å². The van der Waals surface area contributed by atoms with Gasteiger partial charge in [-0.25, -0.2) is 4.98 Å². The maximum Gasteiger partial charge on any atom is 0.144 e. The van der Waals surface area contributed by atoms with E-state index in [0.29, 0.717) is 12.5 Å². The number of rotatable bonds is 5. The van der Waals surface area contributed by atoms with Gasteiger partial charge in [-0.1, -0.05) is 38.1 Å². The summed E-state index contributed by atoms with van der Waals surface area (Å²) in [6, 6.07) is 16.4. The zero-order valence-electron chi connectivity index (χ0n) is 13.4. The third kappa shape index (κ3) is 2.71. The van der Waals surface area contributed by atoms with Crippen LogP contribution in [0.15, 0.2) is 48.5 Å². The first-order valence-electron chi connectivity index (χ1n) is 7.88. The summed E-state index contributed by atoms with van der Waals surface area (Å²) >= 11 is 0. The van der Waals surface area contributed by atoms with Crippen molar-refractivity contribution in [2.75, 3.05) is 6.61 Å². The molecular weight excluding hydrogens is 272 g/mol. The highest BCUT2D eigenvalue weighted by atomic mass is 16.5. The highest BCUT2D eigenvalue weighted by Gasteiger charge is 2.16. The van der Waals surface area contributed by atoms with Crippen LogP contribution in [0.3, 0.4) is 0 Å². The Labute approximate surface area is 131 Å². The first kappa shape index (κ1) is 14.6. The second kappa shape index (κ2) is 6.22. The van der Waals surface area contributed by atoms with E-state index in [4.69, 9.17) is 9.72 Å². The van der Waals surface area contributed by atoms with Gasteiger partial charge in [0, 0.05) is 6.54 Å². The molecule has 3 rings (SSSR count). The van der Waals surface area contributed by atoms with Gasteiger partial charge < -0.3 is 9.30 Å². The Balaban J connectivity index is 2.22. The zero-order chi connectivity index (χ0) is 15.5. The SMILES string of the molecule is CCOc1ccccc1-c1nc2ccccc2n1CC(C)C. The molecule has 0 aliphatic rings. The van der Waals surface area contributed by atoms with Crippen molar-refractivity contribution in [3.05, 3.63) is 48.5 Å². The highest BCUT2D eigenvalue weighted by molar-refractivity contribution is 5.82. The van der Waals surface area contributed by atoms with Crippen molar-refractivity contribution in [3.8, 4) is 17.1 Å². The van der Waals surface area contributed by atoms with Gasteiger partial charge in [-0.15, -0.1) is 0 Å². The molecule has 0 amide bonds. The molecule has 0 saturated carbocycles. The minimum Gasteiger partial charge on any atom is -0.493 e. The Kier molecular flexibility index (Phi) is 4.14. The smallest absolute Gasteiger partial charge is 0.144 e. The van der Waals surface area contributed by atoms with Crippen LogP contribution in [0.1, 0.15) is 20.8 Å². The fourth-order valence-electron chi connectivity index (χ4n) is 2.76. The lowest BCUT2D eigenvalue weighted by atomic mass is 10.1. The van der Waals surface area contributed by atoms with Crippen molar-refractivity contribution < 1.29 is 4.74 Å². The van der Waals surface area contributed by atoms with E-state index in [0.717, 1.165) is 29.2 Å². The first-order valence-corrected chi connectivity index (χ1v) is 7.88. The van der Waals surface area contributed by atoms with E-state index in [1.807, 2.05) is 31.2 Å². The van der Waals surface area contributed by atoms with Crippen LogP contribution in [0.4, 0.5) is 0 Å². The molecule has 0 saturated heterocycles. The fourth-order valence-corrected chi connectivity index (χ4v) is 2.76. The van der Waals surface area contributed by atoms with Gasteiger partial charge in [0.05, 0.1) is 23.2 Å². The average Bonchev–Trinajstić information content (AvgIpc) is 2.86. The van der Waals surface area contributed by atoms with Gasteiger partial charge in [-0.2, -0.15) is 0 Å². The number of hydrogen-bond donors (Lipinski definition) is 0. The quantitative estimate of drug-likeness (QED) is 0.678. The lowest BCUT2D eigenvalue weighted by Gasteiger charge is -2.14. The van der Waals surface area contributed by atoms with Crippen molar-refractivity contribution >= 4 is 11.0 Å². The lowest BCUT2D eigenvalue weighted by molar-refractivity contribution is 0.341. The van der Waals surface area contributed by atoms with Crippen LogP contribution >= 0.6 is 0 Å². The predicted molar refractivity (Wildman–Crippen MR) is 91.2 cm³/mol. The lowest BCUT2D eigenvalue weighted by Crippen LogP contribution is -2.07. The largest absolute Gasteiger partial charge is 0.493 e. The minimum absolute atomic E-state index is 0.551. The molecular formula is C19H22N2O. The summed E-state index contributed by atoms with van der Waals surface area (Å²) in [6.45, 7) is 8.06. The summed E-state index contributed by atoms with van der Waals surface area (Å²) < 4.78 is 8.10. The van der Waals surface area contributed by atoms with Crippen LogP contribution in [0.2, 0.25) is 0 Å². The number of fused-ring (bicyclic) bond motifs is 1. The van der Waals surface area contributed by atoms with Gasteiger partial charge >= 0.3 is 0 Å². The van der Waals surface area contributed by atoms with Crippen LogP contribution in [0.25, 0.3) is 22.4 Å². The van der Waals surface area contributed by atoms with Crippen LogP contribution in [-0.2, 0) is 6.54 Å². The van der Waals surface area contributed by atoms with Crippen molar-refractivity contribution in [2.24, 2.45) is 5.92 Å². The number of para-hydroxylation sites is 3. The van der Waals surface area contributed by atoms with Crippen LogP contribution in [0.5, 0.6) is 5.75 Å².